The molecule has 0 saturated carbocycles. The smallest absolute Gasteiger partial charge is 0.119 e. The largest absolute Gasteiger partial charge is 0.497 e. The third-order valence-electron chi connectivity index (χ3n) is 4.13. The van der Waals surface area contributed by atoms with E-state index < -0.39 is 0 Å². The van der Waals surface area contributed by atoms with E-state index in [2.05, 4.69) is 35.2 Å². The molecule has 3 rings (SSSR count). The molecular weight excluding hydrogens is 282 g/mol. The van der Waals surface area contributed by atoms with E-state index >= 15 is 0 Å². The molecular formula is C18H20ClNO. The summed E-state index contributed by atoms with van der Waals surface area (Å²) in [5.41, 5.74) is 4.20. The van der Waals surface area contributed by atoms with Crippen molar-refractivity contribution in [1.29, 1.82) is 0 Å². The number of nitrogens with zero attached hydrogens (tertiary/aromatic N) is 1. The van der Waals surface area contributed by atoms with E-state index in [9.17, 15) is 0 Å². The molecule has 2 aromatic carbocycles. The van der Waals surface area contributed by atoms with Gasteiger partial charge in [0.1, 0.15) is 5.75 Å². The maximum atomic E-state index is 5.92. The van der Waals surface area contributed by atoms with E-state index in [1.54, 1.807) is 7.11 Å². The Morgan fingerprint density at radius 2 is 1.90 bits per heavy atom. The molecule has 0 saturated heterocycles. The molecule has 2 nitrogen and oxygen atoms in total. The predicted molar refractivity (Wildman–Crippen MR) is 87.1 cm³/mol. The Balaban J connectivity index is 1.62. The van der Waals surface area contributed by atoms with E-state index in [4.69, 9.17) is 16.3 Å². The minimum Gasteiger partial charge on any atom is -0.497 e. The maximum absolute atomic E-state index is 5.92. The molecule has 1 aliphatic rings. The zero-order valence-corrected chi connectivity index (χ0v) is 13.1. The zero-order chi connectivity index (χ0) is 14.7. The standard InChI is InChI=1S/C18H20ClNO/c1-21-18-7-4-15-9-11-20(13-16(15)12-18)10-8-14-2-5-17(19)6-3-14/h2-7,12H,8-11,13H2,1H3. The van der Waals surface area contributed by atoms with Crippen LogP contribution in [-0.4, -0.2) is 25.1 Å². The van der Waals surface area contributed by atoms with Gasteiger partial charge in [-0.15, -0.1) is 0 Å². The molecule has 0 amide bonds. The SMILES string of the molecule is COc1ccc2c(c1)CN(CCc1ccc(Cl)cc1)CC2. The molecule has 1 aliphatic heterocycles. The van der Waals surface area contributed by atoms with Gasteiger partial charge < -0.3 is 4.74 Å². The summed E-state index contributed by atoms with van der Waals surface area (Å²) in [7, 11) is 1.73. The van der Waals surface area contributed by atoms with Gasteiger partial charge in [-0.1, -0.05) is 29.8 Å². The van der Waals surface area contributed by atoms with E-state index in [0.717, 1.165) is 43.2 Å². The minimum atomic E-state index is 0.803. The molecule has 21 heavy (non-hydrogen) atoms. The van der Waals surface area contributed by atoms with Crippen molar-refractivity contribution in [1.82, 2.24) is 4.90 Å². The van der Waals surface area contributed by atoms with Gasteiger partial charge in [0, 0.05) is 24.7 Å². The summed E-state index contributed by atoms with van der Waals surface area (Å²) in [6, 6.07) is 14.6. The first-order valence-corrected chi connectivity index (χ1v) is 7.75. The molecule has 0 spiro atoms. The Morgan fingerprint density at radius 1 is 1.10 bits per heavy atom. The number of halogens is 1. The second-order valence-electron chi connectivity index (χ2n) is 5.54. The summed E-state index contributed by atoms with van der Waals surface area (Å²) in [6.07, 6.45) is 2.19. The fraction of sp³-hybridized carbons (Fsp3) is 0.333. The topological polar surface area (TPSA) is 12.5 Å². The summed E-state index contributed by atoms with van der Waals surface area (Å²) in [5.74, 6) is 0.952. The average molecular weight is 302 g/mol. The highest BCUT2D eigenvalue weighted by atomic mass is 35.5. The van der Waals surface area contributed by atoms with Gasteiger partial charge in [0.15, 0.2) is 0 Å². The second kappa shape index (κ2) is 6.50. The Bertz CT molecular complexity index is 609. The van der Waals surface area contributed by atoms with Gasteiger partial charge in [-0.2, -0.15) is 0 Å². The van der Waals surface area contributed by atoms with Crippen LogP contribution in [0.15, 0.2) is 42.5 Å². The van der Waals surface area contributed by atoms with E-state index in [0.29, 0.717) is 0 Å². The number of hydrogen-bond donors (Lipinski definition) is 0. The fourth-order valence-electron chi connectivity index (χ4n) is 2.85. The monoisotopic (exact) mass is 301 g/mol. The lowest BCUT2D eigenvalue weighted by Gasteiger charge is -2.29. The molecule has 0 unspecified atom stereocenters. The summed E-state index contributed by atoms with van der Waals surface area (Å²) in [6.45, 7) is 3.23. The molecule has 0 bridgehead atoms. The van der Waals surface area contributed by atoms with Crippen molar-refractivity contribution in [3.8, 4) is 5.75 Å². The van der Waals surface area contributed by atoms with Crippen LogP contribution < -0.4 is 4.74 Å². The van der Waals surface area contributed by atoms with Crippen LogP contribution in [0.2, 0.25) is 5.02 Å². The quantitative estimate of drug-likeness (QED) is 0.848. The molecule has 0 atom stereocenters. The molecule has 0 radical (unpaired) electrons. The van der Waals surface area contributed by atoms with Crippen LogP contribution >= 0.6 is 11.6 Å². The molecule has 3 heteroatoms. The Morgan fingerprint density at radius 3 is 2.67 bits per heavy atom. The fourth-order valence-corrected chi connectivity index (χ4v) is 2.97. The molecule has 0 fully saturated rings. The van der Waals surface area contributed by atoms with Gasteiger partial charge in [-0.25, -0.2) is 0 Å². The third-order valence-corrected chi connectivity index (χ3v) is 4.39. The zero-order valence-electron chi connectivity index (χ0n) is 12.3. The molecule has 110 valence electrons. The number of ether oxygens (including phenoxy) is 1. The van der Waals surface area contributed by atoms with Gasteiger partial charge in [-0.3, -0.25) is 4.90 Å². The van der Waals surface area contributed by atoms with E-state index in [1.807, 2.05) is 12.1 Å². The molecule has 2 aromatic rings. The van der Waals surface area contributed by atoms with Crippen molar-refractivity contribution in [2.75, 3.05) is 20.2 Å². The summed E-state index contributed by atoms with van der Waals surface area (Å²) >= 11 is 5.92. The van der Waals surface area contributed by atoms with Crippen molar-refractivity contribution in [2.24, 2.45) is 0 Å². The van der Waals surface area contributed by atoms with Crippen LogP contribution in [0, 0.1) is 0 Å². The average Bonchev–Trinajstić information content (AvgIpc) is 2.53. The Kier molecular flexibility index (Phi) is 4.47. The van der Waals surface area contributed by atoms with Crippen LogP contribution in [0.1, 0.15) is 16.7 Å². The van der Waals surface area contributed by atoms with Gasteiger partial charge >= 0.3 is 0 Å². The van der Waals surface area contributed by atoms with Crippen molar-refractivity contribution in [3.63, 3.8) is 0 Å². The number of hydrogen-bond acceptors (Lipinski definition) is 2. The first-order chi connectivity index (χ1) is 10.2. The van der Waals surface area contributed by atoms with Crippen molar-refractivity contribution in [2.45, 2.75) is 19.4 Å². The van der Waals surface area contributed by atoms with Crippen LogP contribution in [0.25, 0.3) is 0 Å². The van der Waals surface area contributed by atoms with Crippen LogP contribution in [0.4, 0.5) is 0 Å². The van der Waals surface area contributed by atoms with Gasteiger partial charge in [0.05, 0.1) is 7.11 Å². The van der Waals surface area contributed by atoms with Crippen molar-refractivity contribution >= 4 is 11.6 Å². The summed E-state index contributed by atoms with van der Waals surface area (Å²) in [5, 5.41) is 0.803. The van der Waals surface area contributed by atoms with Gasteiger partial charge in [0.2, 0.25) is 0 Å². The predicted octanol–water partition coefficient (Wildman–Crippen LogP) is 3.95. The maximum Gasteiger partial charge on any atom is 0.119 e. The number of benzene rings is 2. The summed E-state index contributed by atoms with van der Waals surface area (Å²) in [4.78, 5) is 2.51. The van der Waals surface area contributed by atoms with Crippen LogP contribution in [-0.2, 0) is 19.4 Å². The van der Waals surface area contributed by atoms with Gasteiger partial charge in [0.25, 0.3) is 0 Å². The molecule has 0 aliphatic carbocycles. The molecule has 0 N–H and O–H groups in total. The lowest BCUT2D eigenvalue weighted by molar-refractivity contribution is 0.256. The minimum absolute atomic E-state index is 0.803. The Hall–Kier alpha value is -1.51. The van der Waals surface area contributed by atoms with E-state index in [1.165, 1.54) is 16.7 Å². The normalized spacial score (nSPS) is 14.8. The Labute approximate surface area is 131 Å². The number of methoxy groups -OCH3 is 1. The van der Waals surface area contributed by atoms with Crippen LogP contribution in [0.3, 0.4) is 0 Å². The first kappa shape index (κ1) is 14.4. The second-order valence-corrected chi connectivity index (χ2v) is 5.97. The first-order valence-electron chi connectivity index (χ1n) is 7.37. The summed E-state index contributed by atoms with van der Waals surface area (Å²) < 4.78 is 5.32. The lowest BCUT2D eigenvalue weighted by atomic mass is 9.99. The highest BCUT2D eigenvalue weighted by molar-refractivity contribution is 6.30. The highest BCUT2D eigenvalue weighted by Crippen LogP contribution is 2.24. The van der Waals surface area contributed by atoms with Crippen molar-refractivity contribution in [3.05, 3.63) is 64.2 Å². The number of fused-ring (bicyclic) bond motifs is 1. The molecule has 1 heterocycles. The lowest BCUT2D eigenvalue weighted by Crippen LogP contribution is -2.32. The molecule has 0 aromatic heterocycles. The highest BCUT2D eigenvalue weighted by Gasteiger charge is 2.16. The third kappa shape index (κ3) is 3.58. The van der Waals surface area contributed by atoms with Crippen molar-refractivity contribution < 1.29 is 4.74 Å². The van der Waals surface area contributed by atoms with Crippen LogP contribution in [0.5, 0.6) is 5.75 Å². The number of rotatable bonds is 4. The van der Waals surface area contributed by atoms with Gasteiger partial charge in [-0.05, 0) is 53.8 Å². The van der Waals surface area contributed by atoms with E-state index in [-0.39, 0.29) is 0 Å².